The number of hydrogen-bond acceptors (Lipinski definition) is 4. The standard InChI is InChI=1S/C18H15ClN2O3/c19-13-3-1-11(2-4-13)12-7-15(8-12)23-14-5-6-16(20-10-14)17-9-18(22)21-24-17/h1-6,9-10,12,15H,7-8H2,(H,21,22). The van der Waals surface area contributed by atoms with Crippen LogP contribution in [0, 0.1) is 0 Å². The molecule has 0 saturated heterocycles. The zero-order valence-electron chi connectivity index (χ0n) is 12.7. The van der Waals surface area contributed by atoms with Gasteiger partial charge in [-0.05, 0) is 48.6 Å². The minimum absolute atomic E-state index is 0.198. The monoisotopic (exact) mass is 342 g/mol. The molecule has 6 heteroatoms. The van der Waals surface area contributed by atoms with Gasteiger partial charge in [0.15, 0.2) is 5.76 Å². The van der Waals surface area contributed by atoms with Crippen LogP contribution in [-0.2, 0) is 0 Å². The lowest BCUT2D eigenvalue weighted by Gasteiger charge is -2.35. The maximum atomic E-state index is 11.1. The molecule has 24 heavy (non-hydrogen) atoms. The van der Waals surface area contributed by atoms with E-state index in [9.17, 15) is 4.79 Å². The number of H-pyrrole nitrogens is 1. The Labute approximate surface area is 143 Å². The molecule has 0 atom stereocenters. The van der Waals surface area contributed by atoms with Crippen LogP contribution in [0.15, 0.2) is 58.0 Å². The smallest absolute Gasteiger partial charge is 0.280 e. The average molecular weight is 343 g/mol. The zero-order valence-corrected chi connectivity index (χ0v) is 13.5. The first-order chi connectivity index (χ1) is 11.7. The van der Waals surface area contributed by atoms with Crippen LogP contribution in [0.4, 0.5) is 0 Å². The third kappa shape index (κ3) is 3.08. The van der Waals surface area contributed by atoms with E-state index in [4.69, 9.17) is 20.9 Å². The quantitative estimate of drug-likeness (QED) is 0.777. The molecule has 5 nitrogen and oxygen atoms in total. The number of aromatic amines is 1. The van der Waals surface area contributed by atoms with Crippen molar-refractivity contribution >= 4 is 11.6 Å². The number of ether oxygens (including phenoxy) is 1. The Balaban J connectivity index is 1.35. The van der Waals surface area contributed by atoms with Crippen LogP contribution in [0.1, 0.15) is 24.3 Å². The van der Waals surface area contributed by atoms with E-state index in [1.807, 2.05) is 18.2 Å². The van der Waals surface area contributed by atoms with Gasteiger partial charge >= 0.3 is 0 Å². The third-order valence-corrected chi connectivity index (χ3v) is 4.50. The van der Waals surface area contributed by atoms with Gasteiger partial charge in [0.05, 0.1) is 18.4 Å². The molecule has 2 heterocycles. The van der Waals surface area contributed by atoms with E-state index in [-0.39, 0.29) is 11.7 Å². The lowest BCUT2D eigenvalue weighted by Crippen LogP contribution is -2.32. The fraction of sp³-hybridized carbons (Fsp3) is 0.222. The second-order valence-corrected chi connectivity index (χ2v) is 6.35. The van der Waals surface area contributed by atoms with E-state index in [0.717, 1.165) is 23.6 Å². The topological polar surface area (TPSA) is 68.1 Å². The van der Waals surface area contributed by atoms with Gasteiger partial charge < -0.3 is 9.26 Å². The SMILES string of the molecule is O=c1cc(-c2ccc(OC3CC(c4ccc(Cl)cc4)C3)cn2)o[nH]1. The summed E-state index contributed by atoms with van der Waals surface area (Å²) >= 11 is 5.91. The minimum Gasteiger partial charge on any atom is -0.489 e. The maximum Gasteiger partial charge on any atom is 0.280 e. The Morgan fingerprint density at radius 3 is 2.58 bits per heavy atom. The molecular formula is C18H15ClN2O3. The molecule has 122 valence electrons. The maximum absolute atomic E-state index is 11.1. The van der Waals surface area contributed by atoms with Gasteiger partial charge in [-0.2, -0.15) is 5.16 Å². The van der Waals surface area contributed by atoms with Gasteiger partial charge in [-0.3, -0.25) is 4.79 Å². The van der Waals surface area contributed by atoms with Crippen LogP contribution in [0.2, 0.25) is 5.02 Å². The Hall–Kier alpha value is -2.53. The lowest BCUT2D eigenvalue weighted by molar-refractivity contribution is 0.0982. The van der Waals surface area contributed by atoms with Gasteiger partial charge in [0.25, 0.3) is 5.56 Å². The summed E-state index contributed by atoms with van der Waals surface area (Å²) in [5, 5.41) is 3.01. The summed E-state index contributed by atoms with van der Waals surface area (Å²) in [7, 11) is 0. The molecule has 2 aromatic heterocycles. The first kappa shape index (κ1) is 15.0. The Kier molecular flexibility index (Phi) is 3.86. The van der Waals surface area contributed by atoms with Gasteiger partial charge in [0.2, 0.25) is 0 Å². The van der Waals surface area contributed by atoms with Crippen molar-refractivity contribution in [1.82, 2.24) is 10.1 Å². The van der Waals surface area contributed by atoms with E-state index < -0.39 is 0 Å². The normalized spacial score (nSPS) is 19.7. The van der Waals surface area contributed by atoms with Gasteiger partial charge in [0.1, 0.15) is 11.4 Å². The highest BCUT2D eigenvalue weighted by Gasteiger charge is 2.32. The van der Waals surface area contributed by atoms with Crippen LogP contribution in [0.5, 0.6) is 5.75 Å². The molecule has 1 aliphatic carbocycles. The number of rotatable bonds is 4. The molecule has 4 rings (SSSR count). The molecule has 1 fully saturated rings. The number of aromatic nitrogens is 2. The van der Waals surface area contributed by atoms with Crippen molar-refractivity contribution in [3.05, 3.63) is 69.6 Å². The van der Waals surface area contributed by atoms with Crippen molar-refractivity contribution in [2.75, 3.05) is 0 Å². The van der Waals surface area contributed by atoms with E-state index in [1.54, 1.807) is 12.3 Å². The van der Waals surface area contributed by atoms with Gasteiger partial charge in [-0.1, -0.05) is 23.7 Å². The molecule has 1 saturated carbocycles. The average Bonchev–Trinajstić information content (AvgIpc) is 2.99. The van der Waals surface area contributed by atoms with Gasteiger partial charge in [-0.15, -0.1) is 0 Å². The Bertz CT molecular complexity index is 878. The number of benzene rings is 1. The number of hydrogen-bond donors (Lipinski definition) is 1. The van der Waals surface area contributed by atoms with E-state index in [0.29, 0.717) is 17.4 Å². The van der Waals surface area contributed by atoms with Crippen molar-refractivity contribution in [3.63, 3.8) is 0 Å². The summed E-state index contributed by atoms with van der Waals surface area (Å²) in [6.07, 6.45) is 3.81. The predicted octanol–water partition coefficient (Wildman–Crippen LogP) is 4.01. The third-order valence-electron chi connectivity index (χ3n) is 4.25. The van der Waals surface area contributed by atoms with E-state index in [1.165, 1.54) is 11.6 Å². The second kappa shape index (κ2) is 6.17. The number of halogens is 1. The summed E-state index contributed by atoms with van der Waals surface area (Å²) in [4.78, 5) is 15.3. The molecule has 0 unspecified atom stereocenters. The molecular weight excluding hydrogens is 328 g/mol. The summed E-state index contributed by atoms with van der Waals surface area (Å²) < 4.78 is 11.0. The molecule has 1 aliphatic rings. The minimum atomic E-state index is -0.283. The number of nitrogens with zero attached hydrogens (tertiary/aromatic N) is 1. The summed E-state index contributed by atoms with van der Waals surface area (Å²) in [6.45, 7) is 0. The van der Waals surface area contributed by atoms with Crippen molar-refractivity contribution in [2.24, 2.45) is 0 Å². The number of nitrogens with one attached hydrogen (secondary N) is 1. The van der Waals surface area contributed by atoms with Crippen molar-refractivity contribution in [1.29, 1.82) is 0 Å². The highest BCUT2D eigenvalue weighted by molar-refractivity contribution is 6.30. The largest absolute Gasteiger partial charge is 0.489 e. The second-order valence-electron chi connectivity index (χ2n) is 5.92. The van der Waals surface area contributed by atoms with Crippen molar-refractivity contribution in [2.45, 2.75) is 24.9 Å². The summed E-state index contributed by atoms with van der Waals surface area (Å²) in [5.41, 5.74) is 1.61. The molecule has 0 amide bonds. The first-order valence-corrected chi connectivity index (χ1v) is 8.12. The molecule has 0 bridgehead atoms. The molecule has 0 radical (unpaired) electrons. The predicted molar refractivity (Wildman–Crippen MR) is 90.4 cm³/mol. The van der Waals surface area contributed by atoms with Crippen LogP contribution >= 0.6 is 11.6 Å². The Morgan fingerprint density at radius 2 is 1.96 bits per heavy atom. The van der Waals surface area contributed by atoms with E-state index >= 15 is 0 Å². The van der Waals surface area contributed by atoms with Crippen LogP contribution < -0.4 is 10.3 Å². The van der Waals surface area contributed by atoms with Crippen LogP contribution in [0.25, 0.3) is 11.5 Å². The summed E-state index contributed by atoms with van der Waals surface area (Å²) in [6, 6.07) is 13.0. The molecule has 0 aliphatic heterocycles. The first-order valence-electron chi connectivity index (χ1n) is 7.74. The fourth-order valence-electron chi connectivity index (χ4n) is 2.87. The fourth-order valence-corrected chi connectivity index (χ4v) is 2.99. The lowest BCUT2D eigenvalue weighted by atomic mass is 9.77. The molecule has 3 aromatic rings. The van der Waals surface area contributed by atoms with Crippen molar-refractivity contribution < 1.29 is 9.26 Å². The Morgan fingerprint density at radius 1 is 1.17 bits per heavy atom. The van der Waals surface area contributed by atoms with Crippen LogP contribution in [-0.4, -0.2) is 16.2 Å². The zero-order chi connectivity index (χ0) is 16.5. The van der Waals surface area contributed by atoms with Gasteiger partial charge in [0, 0.05) is 5.02 Å². The highest BCUT2D eigenvalue weighted by atomic mass is 35.5. The van der Waals surface area contributed by atoms with Crippen LogP contribution in [0.3, 0.4) is 0 Å². The van der Waals surface area contributed by atoms with Gasteiger partial charge in [-0.25, -0.2) is 4.98 Å². The molecule has 1 N–H and O–H groups in total. The summed E-state index contributed by atoms with van der Waals surface area (Å²) in [5.74, 6) is 1.66. The highest BCUT2D eigenvalue weighted by Crippen LogP contribution is 2.39. The number of pyridine rings is 1. The molecule has 0 spiro atoms. The van der Waals surface area contributed by atoms with E-state index in [2.05, 4.69) is 22.3 Å². The molecule has 1 aromatic carbocycles. The van der Waals surface area contributed by atoms with Crippen molar-refractivity contribution in [3.8, 4) is 17.2 Å².